The van der Waals surface area contributed by atoms with Crippen LogP contribution in [0.5, 0.6) is 11.5 Å². The predicted molar refractivity (Wildman–Crippen MR) is 89.3 cm³/mol. The number of carboxylic acids is 1. The maximum absolute atomic E-state index is 11.9. The summed E-state index contributed by atoms with van der Waals surface area (Å²) in [5, 5.41) is 18.0. The molecule has 0 saturated carbocycles. The first-order chi connectivity index (χ1) is 11.4. The minimum Gasteiger partial charge on any atom is -0.493 e. The lowest BCUT2D eigenvalue weighted by Gasteiger charge is -2.14. The van der Waals surface area contributed by atoms with Crippen LogP contribution in [0.15, 0.2) is 27.5 Å². The standard InChI is InChI=1S/C16H13BrN2O5/c1-8-3-10(11(6-18)16(22)19-8)9-4-12(17)15(13(5-9)23-2)24-7-14(20)21/h3-5H,7H2,1-2H3,(H,19,22)(H,20,21). The minimum absolute atomic E-state index is 0.0197. The van der Waals surface area contributed by atoms with Crippen molar-refractivity contribution in [1.29, 1.82) is 5.26 Å². The van der Waals surface area contributed by atoms with Crippen LogP contribution in [-0.2, 0) is 4.79 Å². The molecule has 0 radical (unpaired) electrons. The van der Waals surface area contributed by atoms with Crippen molar-refractivity contribution in [3.8, 4) is 28.7 Å². The second kappa shape index (κ2) is 7.19. The van der Waals surface area contributed by atoms with Crippen LogP contribution in [0.2, 0.25) is 0 Å². The number of nitrogens with one attached hydrogen (secondary N) is 1. The average Bonchev–Trinajstić information content (AvgIpc) is 2.52. The molecule has 124 valence electrons. The Morgan fingerprint density at radius 3 is 2.71 bits per heavy atom. The molecule has 7 nitrogen and oxygen atoms in total. The zero-order chi connectivity index (χ0) is 17.9. The number of aromatic nitrogens is 1. The van der Waals surface area contributed by atoms with Gasteiger partial charge >= 0.3 is 5.97 Å². The number of aromatic amines is 1. The summed E-state index contributed by atoms with van der Waals surface area (Å²) >= 11 is 3.30. The number of nitriles is 1. The highest BCUT2D eigenvalue weighted by atomic mass is 79.9. The molecule has 0 saturated heterocycles. The smallest absolute Gasteiger partial charge is 0.341 e. The van der Waals surface area contributed by atoms with E-state index in [4.69, 9.17) is 14.6 Å². The van der Waals surface area contributed by atoms with E-state index in [1.54, 1.807) is 25.1 Å². The summed E-state index contributed by atoms with van der Waals surface area (Å²) < 4.78 is 10.9. The van der Waals surface area contributed by atoms with Crippen molar-refractivity contribution in [2.45, 2.75) is 6.92 Å². The molecule has 0 aliphatic heterocycles. The maximum Gasteiger partial charge on any atom is 0.341 e. The van der Waals surface area contributed by atoms with Gasteiger partial charge in [-0.25, -0.2) is 4.79 Å². The van der Waals surface area contributed by atoms with E-state index >= 15 is 0 Å². The number of rotatable bonds is 5. The predicted octanol–water partition coefficient (Wildman–Crippen LogP) is 2.46. The molecule has 1 aromatic carbocycles. The fourth-order valence-corrected chi connectivity index (χ4v) is 2.73. The van der Waals surface area contributed by atoms with E-state index in [0.29, 0.717) is 21.3 Å². The van der Waals surface area contributed by atoms with Crippen molar-refractivity contribution in [3.63, 3.8) is 0 Å². The van der Waals surface area contributed by atoms with Gasteiger partial charge in [-0.15, -0.1) is 0 Å². The van der Waals surface area contributed by atoms with Gasteiger partial charge in [0.2, 0.25) is 0 Å². The normalized spacial score (nSPS) is 10.1. The summed E-state index contributed by atoms with van der Waals surface area (Å²) in [7, 11) is 1.41. The van der Waals surface area contributed by atoms with Gasteiger partial charge in [0.05, 0.1) is 11.6 Å². The van der Waals surface area contributed by atoms with E-state index in [9.17, 15) is 14.9 Å². The maximum atomic E-state index is 11.9. The lowest BCUT2D eigenvalue weighted by atomic mass is 10.0. The third kappa shape index (κ3) is 3.58. The molecule has 0 spiro atoms. The summed E-state index contributed by atoms with van der Waals surface area (Å²) in [6.07, 6.45) is 0. The van der Waals surface area contributed by atoms with Gasteiger partial charge in [0, 0.05) is 11.3 Å². The number of nitrogens with zero attached hydrogens (tertiary/aromatic N) is 1. The number of hydrogen-bond acceptors (Lipinski definition) is 5. The van der Waals surface area contributed by atoms with E-state index in [0.717, 1.165) is 0 Å². The summed E-state index contributed by atoms with van der Waals surface area (Å²) in [4.78, 5) is 25.2. The highest BCUT2D eigenvalue weighted by Gasteiger charge is 2.17. The Bertz CT molecular complexity index is 899. The molecule has 0 fully saturated rings. The number of carbonyl (C=O) groups is 1. The molecular weight excluding hydrogens is 380 g/mol. The zero-order valence-electron chi connectivity index (χ0n) is 12.8. The van der Waals surface area contributed by atoms with Crippen molar-refractivity contribution >= 4 is 21.9 Å². The number of hydrogen-bond donors (Lipinski definition) is 2. The van der Waals surface area contributed by atoms with E-state index in [2.05, 4.69) is 20.9 Å². The largest absolute Gasteiger partial charge is 0.493 e. The van der Waals surface area contributed by atoms with Gasteiger partial charge in [-0.1, -0.05) is 0 Å². The molecule has 0 aliphatic carbocycles. The van der Waals surface area contributed by atoms with Crippen LogP contribution < -0.4 is 15.0 Å². The molecule has 0 aliphatic rings. The van der Waals surface area contributed by atoms with Crippen LogP contribution in [0.3, 0.4) is 0 Å². The van der Waals surface area contributed by atoms with Gasteiger partial charge in [-0.2, -0.15) is 5.26 Å². The molecule has 0 unspecified atom stereocenters. The van der Waals surface area contributed by atoms with Gasteiger partial charge in [0.15, 0.2) is 18.1 Å². The third-order valence-corrected chi connectivity index (χ3v) is 3.75. The lowest BCUT2D eigenvalue weighted by molar-refractivity contribution is -0.139. The van der Waals surface area contributed by atoms with Crippen molar-refractivity contribution in [3.05, 3.63) is 44.3 Å². The van der Waals surface area contributed by atoms with Gasteiger partial charge in [-0.3, -0.25) is 4.79 Å². The second-order valence-corrected chi connectivity index (χ2v) is 5.71. The topological polar surface area (TPSA) is 112 Å². The molecule has 24 heavy (non-hydrogen) atoms. The molecule has 0 amide bonds. The fourth-order valence-electron chi connectivity index (χ4n) is 2.18. The SMILES string of the molecule is COc1cc(-c2cc(C)[nH]c(=O)c2C#N)cc(Br)c1OCC(=O)O. The van der Waals surface area contributed by atoms with Gasteiger partial charge < -0.3 is 19.6 Å². The average molecular weight is 393 g/mol. The summed E-state index contributed by atoms with van der Waals surface area (Å²) in [6, 6.07) is 6.79. The van der Waals surface area contributed by atoms with Crippen molar-refractivity contribution in [2.75, 3.05) is 13.7 Å². The van der Waals surface area contributed by atoms with Crippen LogP contribution >= 0.6 is 15.9 Å². The number of carboxylic acid groups (broad SMARTS) is 1. The monoisotopic (exact) mass is 392 g/mol. The van der Waals surface area contributed by atoms with Crippen molar-refractivity contribution in [1.82, 2.24) is 4.98 Å². The zero-order valence-corrected chi connectivity index (χ0v) is 14.4. The highest BCUT2D eigenvalue weighted by Crippen LogP contribution is 2.40. The fraction of sp³-hybridized carbons (Fsp3) is 0.188. The number of halogens is 1. The Kier molecular flexibility index (Phi) is 5.26. The Labute approximate surface area is 145 Å². The van der Waals surface area contributed by atoms with E-state index in [-0.39, 0.29) is 17.1 Å². The second-order valence-electron chi connectivity index (χ2n) is 4.85. The van der Waals surface area contributed by atoms with E-state index in [1.807, 2.05) is 6.07 Å². The first-order valence-corrected chi connectivity index (χ1v) is 7.53. The van der Waals surface area contributed by atoms with E-state index in [1.165, 1.54) is 7.11 Å². The molecule has 1 heterocycles. The third-order valence-electron chi connectivity index (χ3n) is 3.16. The van der Waals surface area contributed by atoms with Gasteiger partial charge in [-0.05, 0) is 46.6 Å². The Morgan fingerprint density at radius 1 is 1.42 bits per heavy atom. The number of pyridine rings is 1. The number of methoxy groups -OCH3 is 1. The summed E-state index contributed by atoms with van der Waals surface area (Å²) in [5.74, 6) is -0.615. The molecule has 2 rings (SSSR count). The molecule has 2 aromatic rings. The number of aliphatic carboxylic acids is 1. The number of H-pyrrole nitrogens is 1. The van der Waals surface area contributed by atoms with Crippen molar-refractivity contribution < 1.29 is 19.4 Å². The molecule has 1 aromatic heterocycles. The first kappa shape index (κ1) is 17.6. The Balaban J connectivity index is 2.62. The van der Waals surface area contributed by atoms with Crippen LogP contribution in [0.4, 0.5) is 0 Å². The number of ether oxygens (including phenoxy) is 2. The first-order valence-electron chi connectivity index (χ1n) is 6.74. The molecule has 0 atom stereocenters. The molecule has 0 bridgehead atoms. The summed E-state index contributed by atoms with van der Waals surface area (Å²) in [6.45, 7) is 1.19. The molecule has 2 N–H and O–H groups in total. The Morgan fingerprint density at radius 2 is 2.12 bits per heavy atom. The van der Waals surface area contributed by atoms with Crippen LogP contribution in [0.1, 0.15) is 11.3 Å². The molecular formula is C16H13BrN2O5. The van der Waals surface area contributed by atoms with Gasteiger partial charge in [0.1, 0.15) is 11.6 Å². The Hall–Kier alpha value is -2.79. The van der Waals surface area contributed by atoms with E-state index < -0.39 is 18.1 Å². The molecule has 8 heteroatoms. The van der Waals surface area contributed by atoms with Crippen molar-refractivity contribution in [2.24, 2.45) is 0 Å². The lowest BCUT2D eigenvalue weighted by Crippen LogP contribution is -2.13. The van der Waals surface area contributed by atoms with Gasteiger partial charge in [0.25, 0.3) is 5.56 Å². The van der Waals surface area contributed by atoms with Crippen LogP contribution in [0, 0.1) is 18.3 Å². The summed E-state index contributed by atoms with van der Waals surface area (Å²) in [5.41, 5.74) is 1.12. The highest BCUT2D eigenvalue weighted by molar-refractivity contribution is 9.10. The quantitative estimate of drug-likeness (QED) is 0.807. The number of aryl methyl sites for hydroxylation is 1. The van der Waals surface area contributed by atoms with Crippen LogP contribution in [-0.4, -0.2) is 29.8 Å². The van der Waals surface area contributed by atoms with Crippen LogP contribution in [0.25, 0.3) is 11.1 Å². The minimum atomic E-state index is -1.12. The number of benzene rings is 1.